The van der Waals surface area contributed by atoms with Crippen LogP contribution >= 0.6 is 0 Å². The van der Waals surface area contributed by atoms with Gasteiger partial charge < -0.3 is 10.4 Å². The van der Waals surface area contributed by atoms with Gasteiger partial charge in [-0.25, -0.2) is 9.48 Å². The number of aromatic nitrogens is 3. The number of carboxylic acid groups (broad SMARTS) is 1. The summed E-state index contributed by atoms with van der Waals surface area (Å²) < 4.78 is 1.76. The lowest BCUT2D eigenvalue weighted by Crippen LogP contribution is -2.02. The van der Waals surface area contributed by atoms with Gasteiger partial charge in [-0.15, -0.1) is 0 Å². The first-order valence-electron chi connectivity index (χ1n) is 8.36. The van der Waals surface area contributed by atoms with E-state index < -0.39 is 5.97 Å². The lowest BCUT2D eigenvalue weighted by Gasteiger charge is -2.09. The summed E-state index contributed by atoms with van der Waals surface area (Å²) in [7, 11) is 0. The second-order valence-corrected chi connectivity index (χ2v) is 5.91. The molecule has 0 unspecified atom stereocenters. The van der Waals surface area contributed by atoms with Gasteiger partial charge in [-0.05, 0) is 48.5 Å². The third kappa shape index (κ3) is 3.55. The number of hydrogen-bond donors (Lipinski definition) is 2. The SMILES string of the molecule is O=C(O)c1ccccc1Nc1ccc2cnn(C=Cc3ccccn3)c2c1. The van der Waals surface area contributed by atoms with Gasteiger partial charge in [-0.3, -0.25) is 4.98 Å². The molecule has 6 nitrogen and oxygen atoms in total. The molecule has 0 spiro atoms. The summed E-state index contributed by atoms with van der Waals surface area (Å²) in [4.78, 5) is 15.6. The number of pyridine rings is 1. The maximum atomic E-state index is 11.4. The van der Waals surface area contributed by atoms with E-state index in [4.69, 9.17) is 0 Å². The van der Waals surface area contributed by atoms with Crippen molar-refractivity contribution in [2.75, 3.05) is 5.32 Å². The number of fused-ring (bicyclic) bond motifs is 1. The van der Waals surface area contributed by atoms with Crippen LogP contribution in [-0.4, -0.2) is 25.8 Å². The number of carboxylic acids is 1. The number of nitrogens with one attached hydrogen (secondary N) is 1. The van der Waals surface area contributed by atoms with Gasteiger partial charge in [0.1, 0.15) is 0 Å². The number of nitrogens with zero attached hydrogens (tertiary/aromatic N) is 3. The van der Waals surface area contributed by atoms with E-state index in [1.807, 2.05) is 48.7 Å². The smallest absolute Gasteiger partial charge is 0.337 e. The molecule has 0 amide bonds. The van der Waals surface area contributed by atoms with E-state index in [0.29, 0.717) is 5.69 Å². The van der Waals surface area contributed by atoms with Gasteiger partial charge in [-0.1, -0.05) is 18.2 Å². The Labute approximate surface area is 155 Å². The summed E-state index contributed by atoms with van der Waals surface area (Å²) in [5, 5.41) is 17.9. The Morgan fingerprint density at radius 1 is 1.07 bits per heavy atom. The number of carbonyl (C=O) groups is 1. The Balaban J connectivity index is 1.66. The summed E-state index contributed by atoms with van der Waals surface area (Å²) in [6, 6.07) is 18.3. The van der Waals surface area contributed by atoms with Crippen LogP contribution in [0.4, 0.5) is 11.4 Å². The van der Waals surface area contributed by atoms with Crippen LogP contribution in [0.5, 0.6) is 0 Å². The molecule has 0 aliphatic carbocycles. The molecule has 4 aromatic rings. The molecule has 2 aromatic heterocycles. The van der Waals surface area contributed by atoms with Crippen molar-refractivity contribution < 1.29 is 9.90 Å². The zero-order valence-corrected chi connectivity index (χ0v) is 14.3. The Morgan fingerprint density at radius 2 is 1.93 bits per heavy atom. The molecule has 2 N–H and O–H groups in total. The normalized spacial score (nSPS) is 11.1. The fourth-order valence-corrected chi connectivity index (χ4v) is 2.79. The molecule has 0 saturated heterocycles. The number of hydrogen-bond acceptors (Lipinski definition) is 4. The Hall–Kier alpha value is -3.93. The number of benzene rings is 2. The van der Waals surface area contributed by atoms with E-state index in [-0.39, 0.29) is 5.56 Å². The van der Waals surface area contributed by atoms with Crippen molar-refractivity contribution in [2.24, 2.45) is 0 Å². The number of para-hydroxylation sites is 1. The lowest BCUT2D eigenvalue weighted by atomic mass is 10.1. The highest BCUT2D eigenvalue weighted by Crippen LogP contribution is 2.25. The van der Waals surface area contributed by atoms with E-state index in [2.05, 4.69) is 15.4 Å². The fraction of sp³-hybridized carbons (Fsp3) is 0. The van der Waals surface area contributed by atoms with Gasteiger partial charge in [0.2, 0.25) is 0 Å². The molecule has 0 bridgehead atoms. The molecule has 0 fully saturated rings. The summed E-state index contributed by atoms with van der Waals surface area (Å²) in [6.07, 6.45) is 7.25. The van der Waals surface area contributed by atoms with Crippen LogP contribution in [0.3, 0.4) is 0 Å². The molecule has 0 aliphatic heterocycles. The second-order valence-electron chi connectivity index (χ2n) is 5.91. The van der Waals surface area contributed by atoms with E-state index in [9.17, 15) is 9.90 Å². The topological polar surface area (TPSA) is 80.0 Å². The lowest BCUT2D eigenvalue weighted by molar-refractivity contribution is 0.0698. The summed E-state index contributed by atoms with van der Waals surface area (Å²) >= 11 is 0. The van der Waals surface area contributed by atoms with Gasteiger partial charge >= 0.3 is 5.97 Å². The molecule has 132 valence electrons. The minimum absolute atomic E-state index is 0.223. The van der Waals surface area contributed by atoms with Crippen molar-refractivity contribution in [3.63, 3.8) is 0 Å². The van der Waals surface area contributed by atoms with Crippen LogP contribution in [0.15, 0.2) is 73.1 Å². The minimum atomic E-state index is -0.970. The van der Waals surface area contributed by atoms with Gasteiger partial charge in [0.05, 0.1) is 28.7 Å². The Kier molecular flexibility index (Phi) is 4.37. The predicted octanol–water partition coefficient (Wildman–Crippen LogP) is 4.50. The maximum Gasteiger partial charge on any atom is 0.337 e. The van der Waals surface area contributed by atoms with Crippen LogP contribution in [0.25, 0.3) is 23.2 Å². The molecular formula is C21H16N4O2. The minimum Gasteiger partial charge on any atom is -0.478 e. The molecule has 27 heavy (non-hydrogen) atoms. The molecule has 6 heteroatoms. The first-order valence-corrected chi connectivity index (χ1v) is 8.36. The van der Waals surface area contributed by atoms with Gasteiger partial charge in [0, 0.05) is 23.5 Å². The van der Waals surface area contributed by atoms with E-state index >= 15 is 0 Å². The first-order chi connectivity index (χ1) is 13.2. The van der Waals surface area contributed by atoms with Crippen LogP contribution in [0.1, 0.15) is 16.1 Å². The van der Waals surface area contributed by atoms with Crippen molar-refractivity contribution in [3.8, 4) is 0 Å². The maximum absolute atomic E-state index is 11.4. The number of rotatable bonds is 5. The molecule has 2 heterocycles. The van der Waals surface area contributed by atoms with E-state index in [0.717, 1.165) is 22.3 Å². The molecular weight excluding hydrogens is 340 g/mol. The highest BCUT2D eigenvalue weighted by molar-refractivity contribution is 5.95. The molecule has 0 atom stereocenters. The average Bonchev–Trinajstić information content (AvgIpc) is 3.10. The zero-order chi connectivity index (χ0) is 18.6. The van der Waals surface area contributed by atoms with Gasteiger partial charge in [0.15, 0.2) is 0 Å². The van der Waals surface area contributed by atoms with Crippen molar-refractivity contribution in [3.05, 3.63) is 84.3 Å². The standard InChI is InChI=1S/C21H16N4O2/c26-21(27)18-6-1-2-7-19(18)24-17-9-8-15-14-23-25(20(15)13-17)12-10-16-5-3-4-11-22-16/h1-14,24H,(H,26,27). The monoisotopic (exact) mass is 356 g/mol. The molecule has 0 aliphatic rings. The van der Waals surface area contributed by atoms with Crippen molar-refractivity contribution in [1.29, 1.82) is 0 Å². The quantitative estimate of drug-likeness (QED) is 0.550. The second kappa shape index (κ2) is 7.13. The van der Waals surface area contributed by atoms with E-state index in [1.165, 1.54) is 0 Å². The van der Waals surface area contributed by atoms with Crippen LogP contribution in [-0.2, 0) is 0 Å². The Bertz CT molecular complexity index is 1130. The largest absolute Gasteiger partial charge is 0.478 e. The van der Waals surface area contributed by atoms with Crippen LogP contribution < -0.4 is 5.32 Å². The number of aromatic carboxylic acids is 1. The number of anilines is 2. The van der Waals surface area contributed by atoms with Crippen molar-refractivity contribution in [2.45, 2.75) is 0 Å². The third-order valence-electron chi connectivity index (χ3n) is 4.11. The van der Waals surface area contributed by atoms with Crippen LogP contribution in [0.2, 0.25) is 0 Å². The van der Waals surface area contributed by atoms with Crippen LogP contribution in [0, 0.1) is 0 Å². The fourth-order valence-electron chi connectivity index (χ4n) is 2.79. The van der Waals surface area contributed by atoms with E-state index in [1.54, 1.807) is 41.3 Å². The molecule has 4 rings (SSSR count). The van der Waals surface area contributed by atoms with Crippen molar-refractivity contribution >= 4 is 40.5 Å². The molecule has 0 radical (unpaired) electrons. The summed E-state index contributed by atoms with van der Waals surface area (Å²) in [6.45, 7) is 0. The average molecular weight is 356 g/mol. The molecule has 0 saturated carbocycles. The zero-order valence-electron chi connectivity index (χ0n) is 14.3. The first kappa shape index (κ1) is 16.5. The highest BCUT2D eigenvalue weighted by Gasteiger charge is 2.10. The third-order valence-corrected chi connectivity index (χ3v) is 4.11. The Morgan fingerprint density at radius 3 is 2.74 bits per heavy atom. The van der Waals surface area contributed by atoms with Gasteiger partial charge in [0.25, 0.3) is 0 Å². The summed E-state index contributed by atoms with van der Waals surface area (Å²) in [5.41, 5.74) is 3.29. The summed E-state index contributed by atoms with van der Waals surface area (Å²) in [5.74, 6) is -0.970. The van der Waals surface area contributed by atoms with Gasteiger partial charge in [-0.2, -0.15) is 5.10 Å². The van der Waals surface area contributed by atoms with Crippen molar-refractivity contribution in [1.82, 2.24) is 14.8 Å². The predicted molar refractivity (Wildman–Crippen MR) is 106 cm³/mol. The molecule has 2 aromatic carbocycles. The highest BCUT2D eigenvalue weighted by atomic mass is 16.4.